The van der Waals surface area contributed by atoms with E-state index in [1.807, 2.05) is 0 Å². The third-order valence-electron chi connectivity index (χ3n) is 14.8. The molecule has 1 saturated carbocycles. The minimum Gasteiger partial charge on any atom is -0.481 e. The third kappa shape index (κ3) is 23.4. The van der Waals surface area contributed by atoms with Gasteiger partial charge in [0.15, 0.2) is 0 Å². The van der Waals surface area contributed by atoms with E-state index >= 15 is 0 Å². The monoisotopic (exact) mass is 841 g/mol. The topological polar surface area (TPSA) is 112 Å². The Kier molecular flexibility index (Phi) is 31.8. The average Bonchev–Trinajstić information content (AvgIpc) is 3.22. The van der Waals surface area contributed by atoms with Crippen LogP contribution >= 0.6 is 0 Å². The number of hydrogen-bond donors (Lipinski definition) is 3. The van der Waals surface area contributed by atoms with Crippen molar-refractivity contribution in [2.45, 2.75) is 252 Å². The van der Waals surface area contributed by atoms with E-state index < -0.39 is 17.9 Å². The van der Waals surface area contributed by atoms with Crippen LogP contribution in [0.5, 0.6) is 0 Å². The van der Waals surface area contributed by atoms with Gasteiger partial charge in [-0.25, -0.2) is 0 Å². The highest BCUT2D eigenvalue weighted by Gasteiger charge is 2.53. The van der Waals surface area contributed by atoms with Crippen molar-refractivity contribution in [3.8, 4) is 0 Å². The van der Waals surface area contributed by atoms with Crippen LogP contribution in [0.2, 0.25) is 0 Å². The van der Waals surface area contributed by atoms with Crippen molar-refractivity contribution in [2.24, 2.45) is 47.3 Å². The summed E-state index contributed by atoms with van der Waals surface area (Å²) in [4.78, 5) is 33.5. The lowest BCUT2D eigenvalue weighted by Gasteiger charge is -2.58. The molecule has 2 rings (SSSR count). The van der Waals surface area contributed by atoms with Crippen molar-refractivity contribution >= 4 is 17.9 Å². The number of fused-ring (bicyclic) bond motifs is 1. The highest BCUT2D eigenvalue weighted by atomic mass is 16.4. The first-order chi connectivity index (χ1) is 29.2. The number of carboxylic acid groups (broad SMARTS) is 3. The number of carboxylic acids is 3. The third-order valence-corrected chi connectivity index (χ3v) is 14.8. The number of rotatable bonds is 40. The highest BCUT2D eigenvalue weighted by Crippen LogP contribution is 2.60. The van der Waals surface area contributed by atoms with Gasteiger partial charge >= 0.3 is 17.9 Å². The Hall–Kier alpha value is -2.11. The summed E-state index contributed by atoms with van der Waals surface area (Å²) in [5.74, 6) is 3.58. The molecule has 348 valence electrons. The molecule has 0 aromatic heterocycles. The zero-order valence-electron chi connectivity index (χ0n) is 39.5. The smallest absolute Gasteiger partial charge is 0.303 e. The van der Waals surface area contributed by atoms with Crippen LogP contribution in [0.1, 0.15) is 252 Å². The second kappa shape index (κ2) is 35.4. The summed E-state index contributed by atoms with van der Waals surface area (Å²) in [7, 11) is 0. The second-order valence-electron chi connectivity index (χ2n) is 19.5. The van der Waals surface area contributed by atoms with Crippen molar-refractivity contribution in [3.63, 3.8) is 0 Å². The van der Waals surface area contributed by atoms with Crippen molar-refractivity contribution < 1.29 is 29.7 Å². The molecule has 0 bridgehead atoms. The molecule has 0 radical (unpaired) electrons. The number of unbranched alkanes of at least 4 members (excludes halogenated alkanes) is 21. The van der Waals surface area contributed by atoms with Gasteiger partial charge in [0.1, 0.15) is 0 Å². The molecular formula is C54H96O6. The van der Waals surface area contributed by atoms with Gasteiger partial charge in [-0.3, -0.25) is 14.4 Å². The molecule has 6 heteroatoms. The maximum atomic E-state index is 11.2. The fraction of sp³-hybridized carbons (Fsp3) is 0.870. The SMILES string of the molecule is CCCCC/C=C\CC1C(CCCCCCCC(=O)O)C(CCCCCCCC(=O)O)C2C(CCCCCCCC(=O)O)C=CC(CCCCCC)C2C1CCCCCC. The lowest BCUT2D eigenvalue weighted by atomic mass is 9.47. The van der Waals surface area contributed by atoms with Crippen molar-refractivity contribution in [2.75, 3.05) is 0 Å². The van der Waals surface area contributed by atoms with Crippen LogP contribution in [0.25, 0.3) is 0 Å². The first-order valence-electron chi connectivity index (χ1n) is 26.2. The van der Waals surface area contributed by atoms with E-state index in [2.05, 4.69) is 45.1 Å². The number of hydrogen-bond acceptors (Lipinski definition) is 3. The molecule has 60 heavy (non-hydrogen) atoms. The van der Waals surface area contributed by atoms with E-state index in [1.165, 1.54) is 154 Å². The molecule has 0 aliphatic heterocycles. The van der Waals surface area contributed by atoms with Gasteiger partial charge in [-0.2, -0.15) is 0 Å². The van der Waals surface area contributed by atoms with Gasteiger partial charge < -0.3 is 15.3 Å². The quantitative estimate of drug-likeness (QED) is 0.0418. The van der Waals surface area contributed by atoms with Gasteiger partial charge in [0, 0.05) is 19.3 Å². The van der Waals surface area contributed by atoms with Crippen LogP contribution in [-0.4, -0.2) is 33.2 Å². The molecule has 3 N–H and O–H groups in total. The number of aliphatic carboxylic acids is 3. The van der Waals surface area contributed by atoms with Gasteiger partial charge in [0.25, 0.3) is 0 Å². The molecule has 2 aliphatic rings. The Morgan fingerprint density at radius 2 is 0.717 bits per heavy atom. The van der Waals surface area contributed by atoms with Gasteiger partial charge in [-0.1, -0.05) is 186 Å². The standard InChI is InChI=1S/C54H96O6/c1-4-7-10-13-18-27-35-46-47(36-28-19-15-22-31-40-51(57)58)49(38-29-20-16-23-32-41-52(59)60)54-45(34-25-17-14-21-30-39-50(55)56)43-42-44(33-24-11-8-5-2)53(54)48(46)37-26-12-9-6-3/h18,27,42-49,53-54H,4-17,19-26,28-41H2,1-3H3,(H,55,56)(H,57,58)(H,59,60)/b27-18-. The van der Waals surface area contributed by atoms with Crippen LogP contribution in [0.4, 0.5) is 0 Å². The lowest BCUT2D eigenvalue weighted by Crippen LogP contribution is -2.52. The number of carbonyl (C=O) groups is 3. The maximum Gasteiger partial charge on any atom is 0.303 e. The first-order valence-corrected chi connectivity index (χ1v) is 26.2. The molecule has 8 atom stereocenters. The van der Waals surface area contributed by atoms with E-state index in [-0.39, 0.29) is 19.3 Å². The Balaban J connectivity index is 2.55. The summed E-state index contributed by atoms with van der Waals surface area (Å²) in [6, 6.07) is 0. The Labute approximate surface area is 370 Å². The molecule has 6 nitrogen and oxygen atoms in total. The molecule has 8 unspecified atom stereocenters. The molecule has 0 aromatic rings. The van der Waals surface area contributed by atoms with Crippen LogP contribution in [0.3, 0.4) is 0 Å². The second-order valence-corrected chi connectivity index (χ2v) is 19.5. The van der Waals surface area contributed by atoms with E-state index in [0.717, 1.165) is 69.6 Å². The van der Waals surface area contributed by atoms with Crippen LogP contribution in [0, 0.1) is 47.3 Å². The van der Waals surface area contributed by atoms with Gasteiger partial charge in [-0.15, -0.1) is 0 Å². The average molecular weight is 841 g/mol. The number of allylic oxidation sites excluding steroid dienone is 4. The zero-order valence-corrected chi connectivity index (χ0v) is 39.5. The summed E-state index contributed by atoms with van der Waals surface area (Å²) in [5.41, 5.74) is 0. The molecule has 0 spiro atoms. The van der Waals surface area contributed by atoms with Gasteiger partial charge in [-0.05, 0) is 118 Å². The summed E-state index contributed by atoms with van der Waals surface area (Å²) in [6.45, 7) is 6.96. The summed E-state index contributed by atoms with van der Waals surface area (Å²) in [6.07, 6.45) is 51.0. The van der Waals surface area contributed by atoms with Crippen molar-refractivity contribution in [3.05, 3.63) is 24.3 Å². The van der Waals surface area contributed by atoms with E-state index in [9.17, 15) is 24.6 Å². The minimum atomic E-state index is -0.677. The highest BCUT2D eigenvalue weighted by molar-refractivity contribution is 5.67. The lowest BCUT2D eigenvalue weighted by molar-refractivity contribution is -0.138. The Morgan fingerprint density at radius 3 is 1.13 bits per heavy atom. The van der Waals surface area contributed by atoms with E-state index in [4.69, 9.17) is 5.11 Å². The molecule has 1 fully saturated rings. The maximum absolute atomic E-state index is 11.2. The first kappa shape index (κ1) is 54.0. The van der Waals surface area contributed by atoms with Crippen molar-refractivity contribution in [1.82, 2.24) is 0 Å². The summed E-state index contributed by atoms with van der Waals surface area (Å²) >= 11 is 0. The van der Waals surface area contributed by atoms with Crippen LogP contribution in [-0.2, 0) is 14.4 Å². The minimum absolute atomic E-state index is 0.283. The Morgan fingerprint density at radius 1 is 0.383 bits per heavy atom. The van der Waals surface area contributed by atoms with Gasteiger partial charge in [0.2, 0.25) is 0 Å². The largest absolute Gasteiger partial charge is 0.481 e. The molecule has 0 aromatic carbocycles. The molecule has 0 saturated heterocycles. The van der Waals surface area contributed by atoms with E-state index in [1.54, 1.807) is 0 Å². The molecule has 2 aliphatic carbocycles. The zero-order chi connectivity index (χ0) is 43.6. The van der Waals surface area contributed by atoms with Crippen LogP contribution in [0.15, 0.2) is 24.3 Å². The molecule has 0 amide bonds. The van der Waals surface area contributed by atoms with E-state index in [0.29, 0.717) is 35.5 Å². The fourth-order valence-electron chi connectivity index (χ4n) is 11.7. The Bertz CT molecular complexity index is 1140. The molecule has 0 heterocycles. The summed E-state index contributed by atoms with van der Waals surface area (Å²) < 4.78 is 0. The normalized spacial score (nSPS) is 23.9. The van der Waals surface area contributed by atoms with Crippen LogP contribution < -0.4 is 0 Å². The fourth-order valence-corrected chi connectivity index (χ4v) is 11.7. The summed E-state index contributed by atoms with van der Waals surface area (Å²) in [5, 5.41) is 27.6. The predicted molar refractivity (Wildman–Crippen MR) is 252 cm³/mol. The predicted octanol–water partition coefficient (Wildman–Crippen LogP) is 16.4. The van der Waals surface area contributed by atoms with Gasteiger partial charge in [0.05, 0.1) is 0 Å². The van der Waals surface area contributed by atoms with Crippen molar-refractivity contribution in [1.29, 1.82) is 0 Å². The molecular weight excluding hydrogens is 745 g/mol.